The smallest absolute Gasteiger partial charge is 0.314 e. The first-order chi connectivity index (χ1) is 6.97. The number of carbonyl (C=O) groups is 1. The summed E-state index contributed by atoms with van der Waals surface area (Å²) in [5, 5.41) is 38.9. The molecule has 2 amide bonds. The second-order valence-corrected chi connectivity index (χ2v) is 3.26. The maximum atomic E-state index is 10.5. The third kappa shape index (κ3) is 2.55. The Morgan fingerprint density at radius 3 is 2.33 bits per heavy atom. The van der Waals surface area contributed by atoms with Crippen LogP contribution in [0.5, 0.6) is 0 Å². The fraction of sp³-hybridized carbons (Fsp3) is 0.857. The topological polar surface area (TPSA) is 145 Å². The van der Waals surface area contributed by atoms with E-state index in [0.29, 0.717) is 0 Å². The molecule has 1 fully saturated rings. The monoisotopic (exact) mass is 222 g/mol. The maximum absolute atomic E-state index is 10.5. The first-order valence-electron chi connectivity index (χ1n) is 4.34. The summed E-state index contributed by atoms with van der Waals surface area (Å²) in [7, 11) is 0. The molecule has 8 nitrogen and oxygen atoms in total. The van der Waals surface area contributed by atoms with Crippen molar-refractivity contribution >= 4 is 6.03 Å². The van der Waals surface area contributed by atoms with Gasteiger partial charge in [-0.1, -0.05) is 0 Å². The SMILES string of the molecule is NC(=O)N[C@@H]1O[C@H](CO)[C@H](O)[C@@H](O)[C@@H]1O. The first-order valence-corrected chi connectivity index (χ1v) is 4.34. The summed E-state index contributed by atoms with van der Waals surface area (Å²) < 4.78 is 4.92. The van der Waals surface area contributed by atoms with Gasteiger partial charge in [0.05, 0.1) is 6.61 Å². The molecule has 0 radical (unpaired) electrons. The predicted molar refractivity (Wildman–Crippen MR) is 46.5 cm³/mol. The van der Waals surface area contributed by atoms with Crippen LogP contribution in [0, 0.1) is 0 Å². The number of aliphatic hydroxyl groups is 4. The molecular formula is C7H14N2O6. The van der Waals surface area contributed by atoms with Crippen LogP contribution in [0.25, 0.3) is 0 Å². The van der Waals surface area contributed by atoms with Gasteiger partial charge >= 0.3 is 6.03 Å². The fourth-order valence-corrected chi connectivity index (χ4v) is 1.36. The number of carbonyl (C=O) groups excluding carboxylic acids is 1. The molecule has 1 rings (SSSR count). The lowest BCUT2D eigenvalue weighted by Gasteiger charge is -2.39. The lowest BCUT2D eigenvalue weighted by atomic mass is 9.98. The van der Waals surface area contributed by atoms with E-state index in [1.165, 1.54) is 0 Å². The summed E-state index contributed by atoms with van der Waals surface area (Å²) >= 11 is 0. The summed E-state index contributed by atoms with van der Waals surface area (Å²) in [5.41, 5.74) is 4.80. The average molecular weight is 222 g/mol. The zero-order valence-electron chi connectivity index (χ0n) is 7.78. The van der Waals surface area contributed by atoms with Gasteiger partial charge in [-0.3, -0.25) is 0 Å². The predicted octanol–water partition coefficient (Wildman–Crippen LogP) is -3.55. The number of nitrogens with two attached hydrogens (primary N) is 1. The van der Waals surface area contributed by atoms with E-state index in [-0.39, 0.29) is 0 Å². The van der Waals surface area contributed by atoms with Gasteiger partial charge in [0.15, 0.2) is 6.23 Å². The Labute approximate surface area is 85.3 Å². The highest BCUT2D eigenvalue weighted by Crippen LogP contribution is 2.19. The van der Waals surface area contributed by atoms with Crippen molar-refractivity contribution in [2.45, 2.75) is 30.6 Å². The fourth-order valence-electron chi connectivity index (χ4n) is 1.36. The number of nitrogens with one attached hydrogen (secondary N) is 1. The molecule has 1 aliphatic rings. The molecule has 0 spiro atoms. The molecule has 0 bridgehead atoms. The van der Waals surface area contributed by atoms with Crippen LogP contribution < -0.4 is 11.1 Å². The number of rotatable bonds is 2. The van der Waals surface area contributed by atoms with E-state index >= 15 is 0 Å². The van der Waals surface area contributed by atoms with E-state index in [2.05, 4.69) is 0 Å². The number of hydrogen-bond donors (Lipinski definition) is 6. The van der Waals surface area contributed by atoms with Gasteiger partial charge < -0.3 is 36.2 Å². The number of urea groups is 1. The Balaban J connectivity index is 2.69. The van der Waals surface area contributed by atoms with E-state index < -0.39 is 43.3 Å². The van der Waals surface area contributed by atoms with E-state index in [9.17, 15) is 20.1 Å². The number of amides is 2. The van der Waals surface area contributed by atoms with Crippen LogP contribution in [0.1, 0.15) is 0 Å². The average Bonchev–Trinajstić information content (AvgIpc) is 2.18. The molecule has 88 valence electrons. The van der Waals surface area contributed by atoms with Gasteiger partial charge in [-0.2, -0.15) is 0 Å². The second kappa shape index (κ2) is 4.73. The van der Waals surface area contributed by atoms with E-state index in [1.807, 2.05) is 5.32 Å². The molecule has 5 atom stereocenters. The normalized spacial score (nSPS) is 41.2. The molecule has 1 heterocycles. The minimum atomic E-state index is -1.52. The molecular weight excluding hydrogens is 208 g/mol. The summed E-state index contributed by atoms with van der Waals surface area (Å²) in [6.45, 7) is -0.554. The van der Waals surface area contributed by atoms with Crippen LogP contribution in [0.2, 0.25) is 0 Å². The van der Waals surface area contributed by atoms with Crippen LogP contribution in [-0.4, -0.2) is 63.7 Å². The standard InChI is InChI=1S/C7H14N2O6/c8-7(14)9-6-5(13)4(12)3(11)2(1-10)15-6/h2-6,10-13H,1H2,(H3,8,9,14)/t2-,3+,4-,5+,6-/m1/s1. The van der Waals surface area contributed by atoms with E-state index in [4.69, 9.17) is 15.6 Å². The molecule has 1 saturated heterocycles. The third-order valence-corrected chi connectivity index (χ3v) is 2.18. The van der Waals surface area contributed by atoms with Crippen LogP contribution in [0.4, 0.5) is 4.79 Å². The largest absolute Gasteiger partial charge is 0.394 e. The summed E-state index contributed by atoms with van der Waals surface area (Å²) in [4.78, 5) is 10.5. The highest BCUT2D eigenvalue weighted by Gasteiger charge is 2.43. The number of ether oxygens (including phenoxy) is 1. The Morgan fingerprint density at radius 1 is 1.27 bits per heavy atom. The van der Waals surface area contributed by atoms with Gasteiger partial charge in [-0.15, -0.1) is 0 Å². The van der Waals surface area contributed by atoms with Gasteiger partial charge in [0.25, 0.3) is 0 Å². The molecule has 1 aliphatic heterocycles. The minimum absolute atomic E-state index is 0.554. The highest BCUT2D eigenvalue weighted by atomic mass is 16.6. The molecule has 0 unspecified atom stereocenters. The van der Waals surface area contributed by atoms with Crippen molar-refractivity contribution in [3.63, 3.8) is 0 Å². The van der Waals surface area contributed by atoms with Gasteiger partial charge in [0, 0.05) is 0 Å². The second-order valence-electron chi connectivity index (χ2n) is 3.26. The van der Waals surface area contributed by atoms with E-state index in [0.717, 1.165) is 0 Å². The lowest BCUT2D eigenvalue weighted by molar-refractivity contribution is -0.233. The summed E-state index contributed by atoms with van der Waals surface area (Å²) in [6.07, 6.45) is -6.78. The maximum Gasteiger partial charge on any atom is 0.314 e. The van der Waals surface area contributed by atoms with E-state index in [1.54, 1.807) is 0 Å². The Morgan fingerprint density at radius 2 is 1.87 bits per heavy atom. The van der Waals surface area contributed by atoms with Crippen molar-refractivity contribution < 1.29 is 30.0 Å². The quantitative estimate of drug-likeness (QED) is 0.285. The summed E-state index contributed by atoms with van der Waals surface area (Å²) in [5.74, 6) is 0. The van der Waals surface area contributed by atoms with Crippen molar-refractivity contribution in [1.82, 2.24) is 5.32 Å². The van der Waals surface area contributed by atoms with Crippen LogP contribution in [0.15, 0.2) is 0 Å². The molecule has 15 heavy (non-hydrogen) atoms. The Kier molecular flexibility index (Phi) is 3.83. The van der Waals surface area contributed by atoms with Crippen molar-refractivity contribution in [1.29, 1.82) is 0 Å². The van der Waals surface area contributed by atoms with Crippen LogP contribution in [0.3, 0.4) is 0 Å². The zero-order chi connectivity index (χ0) is 11.6. The Hall–Kier alpha value is -0.930. The third-order valence-electron chi connectivity index (χ3n) is 2.18. The van der Waals surface area contributed by atoms with Crippen molar-refractivity contribution in [2.75, 3.05) is 6.61 Å². The zero-order valence-corrected chi connectivity index (χ0v) is 7.78. The summed E-state index contributed by atoms with van der Waals surface area (Å²) in [6, 6.07) is -0.945. The molecule has 8 heteroatoms. The number of aliphatic hydroxyl groups excluding tert-OH is 4. The molecule has 0 saturated carbocycles. The molecule has 7 N–H and O–H groups in total. The van der Waals surface area contributed by atoms with Gasteiger partial charge in [0.2, 0.25) is 0 Å². The minimum Gasteiger partial charge on any atom is -0.394 e. The van der Waals surface area contributed by atoms with Gasteiger partial charge in [-0.05, 0) is 0 Å². The molecule has 0 aliphatic carbocycles. The van der Waals surface area contributed by atoms with Crippen LogP contribution >= 0.6 is 0 Å². The number of primary amides is 1. The lowest BCUT2D eigenvalue weighted by Crippen LogP contribution is -2.63. The molecule has 0 aromatic heterocycles. The molecule has 0 aromatic rings. The van der Waals surface area contributed by atoms with Crippen LogP contribution in [-0.2, 0) is 4.74 Å². The van der Waals surface area contributed by atoms with Gasteiger partial charge in [0.1, 0.15) is 24.4 Å². The highest BCUT2D eigenvalue weighted by molar-refractivity contribution is 5.71. The van der Waals surface area contributed by atoms with Gasteiger partial charge in [-0.25, -0.2) is 4.79 Å². The number of hydrogen-bond acceptors (Lipinski definition) is 6. The van der Waals surface area contributed by atoms with Crippen molar-refractivity contribution in [3.8, 4) is 0 Å². The first kappa shape index (κ1) is 12.1. The Bertz CT molecular complexity index is 236. The van der Waals surface area contributed by atoms with Crippen molar-refractivity contribution in [2.24, 2.45) is 5.73 Å². The van der Waals surface area contributed by atoms with Crippen molar-refractivity contribution in [3.05, 3.63) is 0 Å². The molecule has 0 aromatic carbocycles.